The lowest BCUT2D eigenvalue weighted by molar-refractivity contribution is 0.415. The molecule has 0 aromatic heterocycles. The Labute approximate surface area is 113 Å². The van der Waals surface area contributed by atoms with Gasteiger partial charge in [-0.2, -0.15) is 0 Å². The van der Waals surface area contributed by atoms with Crippen LogP contribution in [0, 0.1) is 17.9 Å². The van der Waals surface area contributed by atoms with Gasteiger partial charge in [-0.25, -0.2) is 10.1 Å². The van der Waals surface area contributed by atoms with Crippen molar-refractivity contribution in [2.24, 2.45) is 0 Å². The summed E-state index contributed by atoms with van der Waals surface area (Å²) in [5.74, 6) is 0.829. The van der Waals surface area contributed by atoms with Gasteiger partial charge in [-0.15, -0.1) is 0 Å². The molecule has 19 heavy (non-hydrogen) atoms. The Morgan fingerprint density at radius 1 is 1.32 bits per heavy atom. The van der Waals surface area contributed by atoms with Gasteiger partial charge >= 0.3 is 0 Å². The first-order chi connectivity index (χ1) is 9.28. The number of allylic oxidation sites excluding steroid dienone is 4. The van der Waals surface area contributed by atoms with Gasteiger partial charge in [-0.05, 0) is 48.1 Å². The third-order valence-corrected chi connectivity index (χ3v) is 3.22. The van der Waals surface area contributed by atoms with Crippen molar-refractivity contribution in [2.75, 3.05) is 7.11 Å². The Balaban J connectivity index is 2.37. The maximum atomic E-state index is 8.94. The van der Waals surface area contributed by atoms with E-state index in [4.69, 9.17) is 16.6 Å². The SMILES string of the molecule is [C-]#[N+]/C(C#N)=C1/C=C(c2ccc(OC)cc2)CCC1. The number of benzene rings is 1. The molecule has 0 saturated carbocycles. The van der Waals surface area contributed by atoms with E-state index in [9.17, 15) is 0 Å². The summed E-state index contributed by atoms with van der Waals surface area (Å²) < 4.78 is 5.14. The van der Waals surface area contributed by atoms with Crippen LogP contribution in [0.15, 0.2) is 41.6 Å². The minimum Gasteiger partial charge on any atom is -0.497 e. The molecule has 0 aliphatic heterocycles. The predicted octanol–water partition coefficient (Wildman–Crippen LogP) is 3.96. The molecule has 0 N–H and O–H groups in total. The van der Waals surface area contributed by atoms with Crippen LogP contribution in [0.1, 0.15) is 24.8 Å². The first-order valence-electron chi connectivity index (χ1n) is 6.14. The van der Waals surface area contributed by atoms with Gasteiger partial charge in [0.15, 0.2) is 0 Å². The predicted molar refractivity (Wildman–Crippen MR) is 74.1 cm³/mol. The van der Waals surface area contributed by atoms with Crippen molar-refractivity contribution in [3.63, 3.8) is 0 Å². The zero-order valence-corrected chi connectivity index (χ0v) is 10.8. The highest BCUT2D eigenvalue weighted by Crippen LogP contribution is 2.31. The Morgan fingerprint density at radius 2 is 2.05 bits per heavy atom. The lowest BCUT2D eigenvalue weighted by Gasteiger charge is -2.16. The third-order valence-electron chi connectivity index (χ3n) is 3.22. The first kappa shape index (κ1) is 12.9. The molecule has 3 nitrogen and oxygen atoms in total. The van der Waals surface area contributed by atoms with E-state index >= 15 is 0 Å². The highest BCUT2D eigenvalue weighted by molar-refractivity contribution is 5.70. The largest absolute Gasteiger partial charge is 0.497 e. The number of rotatable bonds is 2. The van der Waals surface area contributed by atoms with Gasteiger partial charge in [0.05, 0.1) is 19.8 Å². The van der Waals surface area contributed by atoms with Crippen molar-refractivity contribution in [2.45, 2.75) is 19.3 Å². The fourth-order valence-corrected chi connectivity index (χ4v) is 2.21. The summed E-state index contributed by atoms with van der Waals surface area (Å²) in [6.45, 7) is 7.02. The average Bonchev–Trinajstić information content (AvgIpc) is 2.49. The second-order valence-corrected chi connectivity index (χ2v) is 4.35. The molecule has 0 unspecified atom stereocenters. The van der Waals surface area contributed by atoms with E-state index in [1.807, 2.05) is 36.4 Å². The van der Waals surface area contributed by atoms with E-state index in [0.717, 1.165) is 36.1 Å². The van der Waals surface area contributed by atoms with Crippen LogP contribution in [-0.4, -0.2) is 7.11 Å². The van der Waals surface area contributed by atoms with Crippen LogP contribution >= 0.6 is 0 Å². The van der Waals surface area contributed by atoms with Gasteiger partial charge in [-0.3, -0.25) is 0 Å². The van der Waals surface area contributed by atoms with E-state index in [0.29, 0.717) is 0 Å². The maximum absolute atomic E-state index is 8.94. The molecular formula is C16H14N2O. The topological polar surface area (TPSA) is 37.4 Å². The number of hydrogen-bond acceptors (Lipinski definition) is 2. The van der Waals surface area contributed by atoms with Crippen LogP contribution in [-0.2, 0) is 0 Å². The standard InChI is InChI=1S/C16H14N2O/c1-18-16(11-17)14-5-3-4-13(10-14)12-6-8-15(19-2)9-7-12/h6-10H,3-5H2,2H3/b16-14+. The van der Waals surface area contributed by atoms with Crippen molar-refractivity contribution in [1.29, 1.82) is 5.26 Å². The lowest BCUT2D eigenvalue weighted by atomic mass is 9.90. The van der Waals surface area contributed by atoms with Crippen LogP contribution in [0.5, 0.6) is 5.75 Å². The maximum Gasteiger partial charge on any atom is 0.265 e. The Kier molecular flexibility index (Phi) is 4.00. The van der Waals surface area contributed by atoms with Crippen LogP contribution < -0.4 is 4.74 Å². The minimum atomic E-state index is 0.214. The molecule has 3 heteroatoms. The molecule has 2 rings (SSSR count). The number of nitriles is 1. The second-order valence-electron chi connectivity index (χ2n) is 4.35. The Morgan fingerprint density at radius 3 is 2.63 bits per heavy atom. The summed E-state index contributed by atoms with van der Waals surface area (Å²) in [6, 6.07) is 9.85. The Hall–Kier alpha value is -2.52. The fraction of sp³-hybridized carbons (Fsp3) is 0.250. The third kappa shape index (κ3) is 2.84. The van der Waals surface area contributed by atoms with Crippen LogP contribution in [0.3, 0.4) is 0 Å². The van der Waals surface area contributed by atoms with Gasteiger partial charge in [0.1, 0.15) is 5.75 Å². The van der Waals surface area contributed by atoms with E-state index in [1.165, 1.54) is 5.57 Å². The van der Waals surface area contributed by atoms with Crippen molar-refractivity contribution in [3.05, 3.63) is 58.6 Å². The highest BCUT2D eigenvalue weighted by Gasteiger charge is 2.13. The van der Waals surface area contributed by atoms with Gasteiger partial charge in [0, 0.05) is 0 Å². The monoisotopic (exact) mass is 250 g/mol. The summed E-state index contributed by atoms with van der Waals surface area (Å²) >= 11 is 0. The van der Waals surface area contributed by atoms with Gasteiger partial charge < -0.3 is 4.74 Å². The van der Waals surface area contributed by atoms with Crippen molar-refractivity contribution >= 4 is 5.57 Å². The van der Waals surface area contributed by atoms with E-state index in [1.54, 1.807) is 7.11 Å². The summed E-state index contributed by atoms with van der Waals surface area (Å²) in [5.41, 5.74) is 3.38. The molecule has 1 aliphatic rings. The number of hydrogen-bond donors (Lipinski definition) is 0. The zero-order chi connectivity index (χ0) is 13.7. The molecule has 0 spiro atoms. The van der Waals surface area contributed by atoms with Gasteiger partial charge in [-0.1, -0.05) is 18.2 Å². The molecule has 0 atom stereocenters. The van der Waals surface area contributed by atoms with Crippen molar-refractivity contribution in [1.82, 2.24) is 0 Å². The zero-order valence-electron chi connectivity index (χ0n) is 10.8. The molecule has 0 radical (unpaired) electrons. The molecule has 94 valence electrons. The molecule has 0 fully saturated rings. The quantitative estimate of drug-likeness (QED) is 0.588. The molecule has 0 bridgehead atoms. The average molecular weight is 250 g/mol. The molecule has 0 amide bonds. The minimum absolute atomic E-state index is 0.214. The normalized spacial score (nSPS) is 16.9. The summed E-state index contributed by atoms with van der Waals surface area (Å²) in [7, 11) is 1.64. The number of methoxy groups -OCH3 is 1. The van der Waals surface area contributed by atoms with E-state index in [2.05, 4.69) is 4.85 Å². The van der Waals surface area contributed by atoms with Crippen molar-refractivity contribution < 1.29 is 4.74 Å². The Bertz CT molecular complexity index is 594. The van der Waals surface area contributed by atoms with Gasteiger partial charge in [0.2, 0.25) is 0 Å². The molecule has 0 saturated heterocycles. The summed E-state index contributed by atoms with van der Waals surface area (Å²) in [4.78, 5) is 3.29. The lowest BCUT2D eigenvalue weighted by Crippen LogP contribution is -1.96. The fourth-order valence-electron chi connectivity index (χ4n) is 2.21. The smallest absolute Gasteiger partial charge is 0.265 e. The molecule has 1 aromatic rings. The number of ether oxygens (including phenoxy) is 1. The number of nitrogens with zero attached hydrogens (tertiary/aromatic N) is 2. The van der Waals surface area contributed by atoms with Crippen LogP contribution in [0.4, 0.5) is 0 Å². The van der Waals surface area contributed by atoms with Crippen LogP contribution in [0.25, 0.3) is 10.4 Å². The molecule has 1 aliphatic carbocycles. The first-order valence-corrected chi connectivity index (χ1v) is 6.14. The van der Waals surface area contributed by atoms with E-state index < -0.39 is 0 Å². The molecule has 1 aromatic carbocycles. The van der Waals surface area contributed by atoms with Crippen molar-refractivity contribution in [3.8, 4) is 11.8 Å². The second kappa shape index (κ2) is 5.89. The van der Waals surface area contributed by atoms with Crippen LogP contribution in [0.2, 0.25) is 0 Å². The summed E-state index contributed by atoms with van der Waals surface area (Å²) in [5, 5.41) is 8.94. The summed E-state index contributed by atoms with van der Waals surface area (Å²) in [6.07, 6.45) is 4.76. The molecular weight excluding hydrogens is 236 g/mol. The van der Waals surface area contributed by atoms with E-state index in [-0.39, 0.29) is 5.70 Å². The highest BCUT2D eigenvalue weighted by atomic mass is 16.5. The van der Waals surface area contributed by atoms with Gasteiger partial charge in [0.25, 0.3) is 5.70 Å². The molecule has 0 heterocycles.